The molecule has 1 fully saturated rings. The molecular weight excluding hydrogens is 174 g/mol. The van der Waals surface area contributed by atoms with Gasteiger partial charge in [0.15, 0.2) is 0 Å². The number of hydrogen-bond acceptors (Lipinski definition) is 2. The molecule has 0 aliphatic heterocycles. The normalized spacial score (nSPS) is 32.1. The van der Waals surface area contributed by atoms with E-state index in [0.29, 0.717) is 0 Å². The summed E-state index contributed by atoms with van der Waals surface area (Å²) >= 11 is 0. The highest BCUT2D eigenvalue weighted by Gasteiger charge is 2.22. The molecule has 0 heterocycles. The molecule has 3 N–H and O–H groups in total. The molecule has 1 rings (SSSR count). The van der Waals surface area contributed by atoms with Gasteiger partial charge in [0, 0.05) is 13.5 Å². The van der Waals surface area contributed by atoms with Crippen LogP contribution in [0.5, 0.6) is 0 Å². The lowest BCUT2D eigenvalue weighted by Crippen LogP contribution is -2.44. The second-order valence-corrected chi connectivity index (χ2v) is 3.90. The summed E-state index contributed by atoms with van der Waals surface area (Å²) in [5, 5.41) is 2.93. The van der Waals surface area contributed by atoms with E-state index in [0.717, 1.165) is 25.7 Å². The van der Waals surface area contributed by atoms with Crippen LogP contribution < -0.4 is 11.1 Å². The fraction of sp³-hybridized carbons (Fsp3) is 1.00. The molecule has 1 atom stereocenters. The van der Waals surface area contributed by atoms with E-state index < -0.39 is 12.5 Å². The van der Waals surface area contributed by atoms with Crippen LogP contribution in [-0.2, 0) is 0 Å². The monoisotopic (exact) mass is 194 g/mol. The van der Waals surface area contributed by atoms with Gasteiger partial charge in [0.25, 0.3) is 6.43 Å². The summed E-state index contributed by atoms with van der Waals surface area (Å²) in [5.41, 5.74) is 5.71. The molecule has 0 aromatic rings. The molecule has 0 saturated heterocycles. The zero-order valence-electron chi connectivity index (χ0n) is 7.97. The van der Waals surface area contributed by atoms with E-state index in [4.69, 9.17) is 5.73 Å². The van der Waals surface area contributed by atoms with Crippen LogP contribution >= 0.6 is 0 Å². The van der Waals surface area contributed by atoms with E-state index in [2.05, 4.69) is 5.32 Å². The maximum Gasteiger partial charge on any atom is 0.253 e. The lowest BCUT2D eigenvalue weighted by molar-refractivity contribution is 0.0957. The number of nitrogens with one attached hydrogen (secondary N) is 1. The zero-order chi connectivity index (χ0) is 9.84. The Balaban J connectivity index is 0.00000169. The highest BCUT2D eigenvalue weighted by molar-refractivity contribution is 4.81. The largest absolute Gasteiger partial charge is 0.328 e. The van der Waals surface area contributed by atoms with Crippen LogP contribution in [0.1, 0.15) is 34.0 Å². The van der Waals surface area contributed by atoms with Crippen LogP contribution in [0.25, 0.3) is 0 Å². The predicted octanol–water partition coefficient (Wildman–Crippen LogP) is 1.75. The predicted molar refractivity (Wildman–Crippen MR) is 50.9 cm³/mol. The topological polar surface area (TPSA) is 38.0 Å². The Labute approximate surface area is 79.4 Å². The van der Waals surface area contributed by atoms with E-state index >= 15 is 0 Å². The van der Waals surface area contributed by atoms with Gasteiger partial charge in [0.05, 0.1) is 6.04 Å². The molecule has 4 heteroatoms. The van der Waals surface area contributed by atoms with Gasteiger partial charge in [0.1, 0.15) is 0 Å². The lowest BCUT2D eigenvalue weighted by atomic mass is 9.91. The Morgan fingerprint density at radius 1 is 1.31 bits per heavy atom. The molecule has 0 spiro atoms. The Kier molecular flexibility index (Phi) is 4.06. The van der Waals surface area contributed by atoms with Gasteiger partial charge in [-0.05, 0) is 32.6 Å². The van der Waals surface area contributed by atoms with Gasteiger partial charge in [-0.3, -0.25) is 0 Å². The number of alkyl halides is 2. The van der Waals surface area contributed by atoms with Crippen LogP contribution in [-0.4, -0.2) is 24.6 Å². The summed E-state index contributed by atoms with van der Waals surface area (Å²) in [7, 11) is 0. The van der Waals surface area contributed by atoms with Crippen LogP contribution in [0.15, 0.2) is 0 Å². The van der Waals surface area contributed by atoms with Gasteiger partial charge in [-0.2, -0.15) is 0 Å². The van der Waals surface area contributed by atoms with E-state index in [1.54, 1.807) is 0 Å². The van der Waals surface area contributed by atoms with Gasteiger partial charge in [-0.25, -0.2) is 8.78 Å². The maximum absolute atomic E-state index is 12.2. The molecule has 0 aromatic carbocycles. The molecule has 1 unspecified atom stereocenters. The van der Waals surface area contributed by atoms with Crippen molar-refractivity contribution < 1.29 is 10.2 Å². The molecule has 80 valence electrons. The Morgan fingerprint density at radius 3 is 2.31 bits per heavy atom. The van der Waals surface area contributed by atoms with E-state index in [1.165, 1.54) is 6.92 Å². The summed E-state index contributed by atoms with van der Waals surface area (Å²) in [6.07, 6.45) is 1.49. The number of hydrogen-bond donors (Lipinski definition) is 2. The van der Waals surface area contributed by atoms with Crippen molar-refractivity contribution >= 4 is 0 Å². The average molecular weight is 194 g/mol. The van der Waals surface area contributed by atoms with Gasteiger partial charge < -0.3 is 11.1 Å². The van der Waals surface area contributed by atoms with Crippen molar-refractivity contribution in [2.24, 2.45) is 5.73 Å². The first kappa shape index (κ1) is 10.9. The standard InChI is InChI=1S/C9H18F2N2.H2/c1-6(9(10)11)13-8-4-2-7(12)3-5-8;/h6-9,13H,2-5,12H2,1H3;1H. The highest BCUT2D eigenvalue weighted by atomic mass is 19.3. The third-order valence-electron chi connectivity index (χ3n) is 2.65. The van der Waals surface area contributed by atoms with Crippen molar-refractivity contribution in [2.75, 3.05) is 0 Å². The van der Waals surface area contributed by atoms with Crippen molar-refractivity contribution in [3.05, 3.63) is 0 Å². The third-order valence-corrected chi connectivity index (χ3v) is 2.65. The van der Waals surface area contributed by atoms with Crippen molar-refractivity contribution in [1.29, 1.82) is 0 Å². The van der Waals surface area contributed by atoms with Crippen molar-refractivity contribution in [1.82, 2.24) is 5.32 Å². The zero-order valence-corrected chi connectivity index (χ0v) is 7.97. The van der Waals surface area contributed by atoms with Gasteiger partial charge >= 0.3 is 0 Å². The summed E-state index contributed by atoms with van der Waals surface area (Å²) in [5.74, 6) is 0. The Bertz CT molecular complexity index is 150. The van der Waals surface area contributed by atoms with E-state index in [9.17, 15) is 8.78 Å². The van der Waals surface area contributed by atoms with Crippen molar-refractivity contribution in [3.63, 3.8) is 0 Å². The highest BCUT2D eigenvalue weighted by Crippen LogP contribution is 2.18. The van der Waals surface area contributed by atoms with Gasteiger partial charge in [-0.1, -0.05) is 0 Å². The quantitative estimate of drug-likeness (QED) is 0.718. The second kappa shape index (κ2) is 4.86. The van der Waals surface area contributed by atoms with Crippen LogP contribution in [0, 0.1) is 0 Å². The molecule has 1 aliphatic carbocycles. The van der Waals surface area contributed by atoms with Gasteiger partial charge in [-0.15, -0.1) is 0 Å². The summed E-state index contributed by atoms with van der Waals surface area (Å²) in [4.78, 5) is 0. The number of rotatable bonds is 3. The molecular formula is C9H20F2N2. The first-order valence-corrected chi connectivity index (χ1v) is 4.89. The summed E-state index contributed by atoms with van der Waals surface area (Å²) in [6, 6.07) is -0.178. The summed E-state index contributed by atoms with van der Waals surface area (Å²) in [6.45, 7) is 1.53. The molecule has 0 amide bonds. The first-order valence-electron chi connectivity index (χ1n) is 4.89. The SMILES string of the molecule is CC(NC1CCC(N)CC1)C(F)F.[HH]. The van der Waals surface area contributed by atoms with Crippen molar-refractivity contribution in [2.45, 2.75) is 57.2 Å². The van der Waals surface area contributed by atoms with Crippen LogP contribution in [0.4, 0.5) is 8.78 Å². The molecule has 0 bridgehead atoms. The second-order valence-electron chi connectivity index (χ2n) is 3.90. The fourth-order valence-electron chi connectivity index (χ4n) is 1.73. The van der Waals surface area contributed by atoms with Crippen LogP contribution in [0.2, 0.25) is 0 Å². The number of nitrogens with two attached hydrogens (primary N) is 1. The Morgan fingerprint density at radius 2 is 1.85 bits per heavy atom. The lowest BCUT2D eigenvalue weighted by Gasteiger charge is -2.29. The minimum atomic E-state index is -2.27. The fourth-order valence-corrected chi connectivity index (χ4v) is 1.73. The minimum Gasteiger partial charge on any atom is -0.328 e. The molecule has 0 aromatic heterocycles. The smallest absolute Gasteiger partial charge is 0.253 e. The van der Waals surface area contributed by atoms with Crippen molar-refractivity contribution in [3.8, 4) is 0 Å². The average Bonchev–Trinajstić information content (AvgIpc) is 2.08. The van der Waals surface area contributed by atoms with Gasteiger partial charge in [0.2, 0.25) is 0 Å². The molecule has 1 aliphatic rings. The molecule has 2 nitrogen and oxygen atoms in total. The summed E-state index contributed by atoms with van der Waals surface area (Å²) < 4.78 is 24.3. The molecule has 13 heavy (non-hydrogen) atoms. The minimum absolute atomic E-state index is 0. The third kappa shape index (κ3) is 3.56. The Hall–Kier alpha value is -0.220. The molecule has 1 saturated carbocycles. The first-order chi connectivity index (χ1) is 6.09. The number of halogens is 2. The van der Waals surface area contributed by atoms with E-state index in [1.807, 2.05) is 0 Å². The molecule has 0 radical (unpaired) electrons. The van der Waals surface area contributed by atoms with Crippen LogP contribution in [0.3, 0.4) is 0 Å². The van der Waals surface area contributed by atoms with E-state index in [-0.39, 0.29) is 13.5 Å². The maximum atomic E-state index is 12.2.